The van der Waals surface area contributed by atoms with Gasteiger partial charge in [-0.15, -0.1) is 0 Å². The average molecular weight is 232 g/mol. The first kappa shape index (κ1) is 11.3. The Labute approximate surface area is 97.5 Å². The van der Waals surface area contributed by atoms with Crippen molar-refractivity contribution in [2.45, 2.75) is 12.5 Å². The highest BCUT2D eigenvalue weighted by molar-refractivity contribution is 5.73. The third kappa shape index (κ3) is 2.67. The molecule has 4 N–H and O–H groups in total. The number of nitrogens with two attached hydrogens (primary N) is 1. The van der Waals surface area contributed by atoms with E-state index in [0.717, 1.165) is 5.56 Å². The Morgan fingerprint density at radius 1 is 1.41 bits per heavy atom. The molecule has 6 nitrogen and oxygen atoms in total. The monoisotopic (exact) mass is 232 g/mol. The molecule has 1 unspecified atom stereocenters. The number of carbonyl (C=O) groups is 1. The number of aliphatic carboxylic acids is 1. The zero-order valence-corrected chi connectivity index (χ0v) is 9.00. The summed E-state index contributed by atoms with van der Waals surface area (Å²) in [6.45, 7) is 0. The summed E-state index contributed by atoms with van der Waals surface area (Å²) >= 11 is 0. The smallest absolute Gasteiger partial charge is 0.320 e. The second-order valence-corrected chi connectivity index (χ2v) is 3.62. The number of nitrogens with zero attached hydrogens (tertiary/aromatic N) is 2. The predicted octanol–water partition coefficient (Wildman–Crippen LogP) is 0.426. The van der Waals surface area contributed by atoms with Gasteiger partial charge in [-0.1, -0.05) is 30.3 Å². The molecule has 0 aliphatic carbocycles. The molecule has 1 heterocycles. The maximum Gasteiger partial charge on any atom is 0.320 e. The first-order valence-corrected chi connectivity index (χ1v) is 5.12. The van der Waals surface area contributed by atoms with Gasteiger partial charge in [-0.2, -0.15) is 5.10 Å². The van der Waals surface area contributed by atoms with E-state index in [2.05, 4.69) is 15.2 Å². The fourth-order valence-electron chi connectivity index (χ4n) is 1.40. The number of H-pyrrole nitrogens is 1. The first-order valence-electron chi connectivity index (χ1n) is 5.12. The minimum absolute atomic E-state index is 0.134. The zero-order chi connectivity index (χ0) is 12.3. The highest BCUT2D eigenvalue weighted by atomic mass is 16.4. The molecule has 0 bridgehead atoms. The third-order valence-corrected chi connectivity index (χ3v) is 2.29. The summed E-state index contributed by atoms with van der Waals surface area (Å²) < 4.78 is 0. The largest absolute Gasteiger partial charge is 0.480 e. The maximum absolute atomic E-state index is 10.6. The molecule has 0 saturated heterocycles. The van der Waals surface area contributed by atoms with E-state index in [1.54, 1.807) is 0 Å². The Hall–Kier alpha value is -2.21. The van der Waals surface area contributed by atoms with Crippen molar-refractivity contribution in [3.63, 3.8) is 0 Å². The molecule has 0 radical (unpaired) electrons. The number of aromatic nitrogens is 3. The van der Waals surface area contributed by atoms with E-state index in [1.165, 1.54) is 0 Å². The van der Waals surface area contributed by atoms with Gasteiger partial charge in [0.05, 0.1) is 0 Å². The van der Waals surface area contributed by atoms with E-state index in [9.17, 15) is 4.79 Å². The van der Waals surface area contributed by atoms with Crippen LogP contribution in [0, 0.1) is 0 Å². The molecule has 0 saturated carbocycles. The number of rotatable bonds is 4. The van der Waals surface area contributed by atoms with Crippen LogP contribution >= 0.6 is 0 Å². The van der Waals surface area contributed by atoms with Crippen molar-refractivity contribution in [1.29, 1.82) is 0 Å². The van der Waals surface area contributed by atoms with Gasteiger partial charge in [0.2, 0.25) is 0 Å². The summed E-state index contributed by atoms with van der Waals surface area (Å²) in [5.74, 6) is -0.0420. The van der Waals surface area contributed by atoms with Crippen molar-refractivity contribution in [3.05, 3.63) is 36.2 Å². The van der Waals surface area contributed by atoms with E-state index in [4.69, 9.17) is 10.8 Å². The van der Waals surface area contributed by atoms with E-state index in [1.807, 2.05) is 30.3 Å². The lowest BCUT2D eigenvalue weighted by Gasteiger charge is -2.01. The van der Waals surface area contributed by atoms with E-state index in [-0.39, 0.29) is 6.42 Å². The van der Waals surface area contributed by atoms with Gasteiger partial charge in [0.25, 0.3) is 0 Å². The van der Waals surface area contributed by atoms with Crippen molar-refractivity contribution in [3.8, 4) is 11.4 Å². The SMILES string of the molecule is NC(Cc1nc(-c2ccccc2)n[nH]1)C(=O)O. The summed E-state index contributed by atoms with van der Waals surface area (Å²) in [5.41, 5.74) is 6.28. The summed E-state index contributed by atoms with van der Waals surface area (Å²) in [6.07, 6.45) is 0.134. The van der Waals surface area contributed by atoms with Crippen LogP contribution < -0.4 is 5.73 Å². The van der Waals surface area contributed by atoms with Crippen molar-refractivity contribution in [2.24, 2.45) is 5.73 Å². The molecule has 2 rings (SSSR count). The molecule has 88 valence electrons. The number of nitrogens with one attached hydrogen (secondary N) is 1. The van der Waals surface area contributed by atoms with Gasteiger partial charge in [0.1, 0.15) is 11.9 Å². The van der Waals surface area contributed by atoms with Gasteiger partial charge >= 0.3 is 5.97 Å². The van der Waals surface area contributed by atoms with E-state index >= 15 is 0 Å². The molecule has 17 heavy (non-hydrogen) atoms. The van der Waals surface area contributed by atoms with E-state index in [0.29, 0.717) is 11.6 Å². The van der Waals surface area contributed by atoms with Crippen molar-refractivity contribution >= 4 is 5.97 Å². The van der Waals surface area contributed by atoms with Crippen LogP contribution in [0.25, 0.3) is 11.4 Å². The minimum Gasteiger partial charge on any atom is -0.480 e. The molecule has 0 spiro atoms. The number of hydrogen-bond acceptors (Lipinski definition) is 4. The maximum atomic E-state index is 10.6. The Bertz CT molecular complexity index is 509. The van der Waals surface area contributed by atoms with E-state index < -0.39 is 12.0 Å². The van der Waals surface area contributed by atoms with Crippen molar-refractivity contribution in [1.82, 2.24) is 15.2 Å². The second kappa shape index (κ2) is 4.75. The van der Waals surface area contributed by atoms with Crippen molar-refractivity contribution < 1.29 is 9.90 Å². The van der Waals surface area contributed by atoms with Crippen LogP contribution in [0.4, 0.5) is 0 Å². The number of hydrogen-bond donors (Lipinski definition) is 3. The Morgan fingerprint density at radius 2 is 2.12 bits per heavy atom. The molecule has 1 aromatic heterocycles. The molecule has 0 aliphatic rings. The molecule has 2 aromatic rings. The molecule has 0 amide bonds. The molecule has 0 fully saturated rings. The Morgan fingerprint density at radius 3 is 2.76 bits per heavy atom. The lowest BCUT2D eigenvalue weighted by Crippen LogP contribution is -2.32. The van der Waals surface area contributed by atoms with Crippen LogP contribution in [0.3, 0.4) is 0 Å². The quantitative estimate of drug-likeness (QED) is 0.708. The van der Waals surface area contributed by atoms with Crippen LogP contribution in [0.15, 0.2) is 30.3 Å². The van der Waals surface area contributed by atoms with Gasteiger partial charge in [0.15, 0.2) is 5.82 Å². The van der Waals surface area contributed by atoms with Gasteiger partial charge in [-0.25, -0.2) is 4.98 Å². The summed E-state index contributed by atoms with van der Waals surface area (Å²) in [5, 5.41) is 15.4. The summed E-state index contributed by atoms with van der Waals surface area (Å²) in [7, 11) is 0. The average Bonchev–Trinajstić information content (AvgIpc) is 2.78. The fraction of sp³-hybridized carbons (Fsp3) is 0.182. The Kier molecular flexibility index (Phi) is 3.15. The fourth-order valence-corrected chi connectivity index (χ4v) is 1.40. The van der Waals surface area contributed by atoms with Gasteiger partial charge in [-0.3, -0.25) is 9.89 Å². The first-order chi connectivity index (χ1) is 8.16. The van der Waals surface area contributed by atoms with Crippen LogP contribution in [0.2, 0.25) is 0 Å². The highest BCUT2D eigenvalue weighted by Crippen LogP contribution is 2.13. The molecule has 1 aromatic carbocycles. The topological polar surface area (TPSA) is 105 Å². The van der Waals surface area contributed by atoms with Crippen LogP contribution in [0.5, 0.6) is 0 Å². The van der Waals surface area contributed by atoms with Crippen molar-refractivity contribution in [2.75, 3.05) is 0 Å². The summed E-state index contributed by atoms with van der Waals surface area (Å²) in [4.78, 5) is 14.8. The number of carboxylic acids is 1. The predicted molar refractivity (Wildman–Crippen MR) is 61.1 cm³/mol. The number of aromatic amines is 1. The number of benzene rings is 1. The molecule has 6 heteroatoms. The lowest BCUT2D eigenvalue weighted by molar-refractivity contribution is -0.138. The molecular weight excluding hydrogens is 220 g/mol. The van der Waals surface area contributed by atoms with Crippen LogP contribution in [-0.4, -0.2) is 32.3 Å². The standard InChI is InChI=1S/C11H12N4O2/c12-8(11(16)17)6-9-13-10(15-14-9)7-4-2-1-3-5-7/h1-5,8H,6,12H2,(H,16,17)(H,13,14,15). The minimum atomic E-state index is -1.05. The molecule has 0 aliphatic heterocycles. The normalized spacial score (nSPS) is 12.3. The Balaban J connectivity index is 2.14. The third-order valence-electron chi connectivity index (χ3n) is 2.29. The zero-order valence-electron chi connectivity index (χ0n) is 9.00. The van der Waals surface area contributed by atoms with Gasteiger partial charge in [-0.05, 0) is 0 Å². The molecular formula is C11H12N4O2. The van der Waals surface area contributed by atoms with Gasteiger partial charge < -0.3 is 10.8 Å². The lowest BCUT2D eigenvalue weighted by atomic mass is 10.2. The molecule has 1 atom stereocenters. The summed E-state index contributed by atoms with van der Waals surface area (Å²) in [6, 6.07) is 8.46. The van der Waals surface area contributed by atoms with Crippen LogP contribution in [-0.2, 0) is 11.2 Å². The highest BCUT2D eigenvalue weighted by Gasteiger charge is 2.15. The number of carboxylic acid groups (broad SMARTS) is 1. The van der Waals surface area contributed by atoms with Crippen LogP contribution in [0.1, 0.15) is 5.82 Å². The second-order valence-electron chi connectivity index (χ2n) is 3.62. The van der Waals surface area contributed by atoms with Gasteiger partial charge in [0, 0.05) is 12.0 Å².